The lowest BCUT2D eigenvalue weighted by Gasteiger charge is -2.34. The fraction of sp³-hybridized carbons (Fsp3) is 0.208. The van der Waals surface area contributed by atoms with Gasteiger partial charge in [0.1, 0.15) is 5.56 Å². The lowest BCUT2D eigenvalue weighted by molar-refractivity contribution is 0.0696. The third kappa shape index (κ3) is 4.64. The summed E-state index contributed by atoms with van der Waals surface area (Å²) in [5, 5.41) is 0. The van der Waals surface area contributed by atoms with Crippen LogP contribution in [0.2, 0.25) is 0 Å². The molecule has 2 aromatic carbocycles. The van der Waals surface area contributed by atoms with Gasteiger partial charge in [-0.05, 0) is 36.8 Å². The second kappa shape index (κ2) is 9.13. The first-order chi connectivity index (χ1) is 15.8. The van der Waals surface area contributed by atoms with Gasteiger partial charge in [-0.1, -0.05) is 42.5 Å². The fourth-order valence-corrected chi connectivity index (χ4v) is 5.22. The third-order valence-electron chi connectivity index (χ3n) is 5.63. The molecule has 0 radical (unpaired) electrons. The highest BCUT2D eigenvalue weighted by Gasteiger charge is 2.31. The first-order valence-electron chi connectivity index (χ1n) is 10.5. The molecule has 1 aromatic heterocycles. The predicted molar refractivity (Wildman–Crippen MR) is 124 cm³/mol. The Hall–Kier alpha value is -3.56. The Bertz CT molecular complexity index is 1360. The number of hydrogen-bond donors (Lipinski definition) is 1. The van der Waals surface area contributed by atoms with Crippen molar-refractivity contribution in [1.29, 1.82) is 0 Å². The zero-order valence-corrected chi connectivity index (χ0v) is 18.8. The van der Waals surface area contributed by atoms with E-state index in [9.17, 15) is 22.8 Å². The van der Waals surface area contributed by atoms with E-state index in [0.29, 0.717) is 11.3 Å². The van der Waals surface area contributed by atoms with E-state index in [0.717, 1.165) is 5.56 Å². The minimum atomic E-state index is -3.80. The molecule has 1 aliphatic rings. The topological polar surface area (TPSA) is 108 Å². The van der Waals surface area contributed by atoms with Gasteiger partial charge < -0.3 is 9.88 Å². The average Bonchev–Trinajstić information content (AvgIpc) is 2.84. The number of rotatable bonds is 5. The smallest absolute Gasteiger partial charge is 0.261 e. The highest BCUT2D eigenvalue weighted by Crippen LogP contribution is 2.20. The molecule has 1 N–H and O–H groups in total. The maximum Gasteiger partial charge on any atom is 0.261 e. The molecule has 4 rings (SSSR count). The summed E-state index contributed by atoms with van der Waals surface area (Å²) in [4.78, 5) is 41.3. The summed E-state index contributed by atoms with van der Waals surface area (Å²) in [6.45, 7) is 1.88. The maximum atomic E-state index is 13.0. The molecule has 0 aliphatic carbocycles. The maximum absolute atomic E-state index is 13.0. The van der Waals surface area contributed by atoms with Crippen LogP contribution in [-0.2, 0) is 10.0 Å². The minimum absolute atomic E-state index is 0.0140. The normalized spacial score (nSPS) is 14.8. The minimum Gasteiger partial charge on any atom is -0.336 e. The van der Waals surface area contributed by atoms with Gasteiger partial charge in [-0.15, -0.1) is 0 Å². The molecule has 1 aliphatic heterocycles. The van der Waals surface area contributed by atoms with Crippen LogP contribution >= 0.6 is 0 Å². The van der Waals surface area contributed by atoms with Crippen LogP contribution in [0.4, 0.5) is 0 Å². The summed E-state index contributed by atoms with van der Waals surface area (Å²) in [7, 11) is -3.80. The number of aromatic nitrogens is 1. The van der Waals surface area contributed by atoms with Crippen LogP contribution in [0.5, 0.6) is 0 Å². The molecule has 0 saturated carbocycles. The number of piperazine rings is 1. The number of benzene rings is 2. The van der Waals surface area contributed by atoms with Crippen molar-refractivity contribution in [2.24, 2.45) is 0 Å². The largest absolute Gasteiger partial charge is 0.336 e. The van der Waals surface area contributed by atoms with E-state index in [1.807, 2.05) is 30.3 Å². The lowest BCUT2D eigenvalue weighted by Crippen LogP contribution is -2.51. The molecular formula is C24H23N3O5S. The molecule has 0 unspecified atom stereocenters. The van der Waals surface area contributed by atoms with Crippen LogP contribution in [-0.4, -0.2) is 60.5 Å². The summed E-state index contributed by atoms with van der Waals surface area (Å²) in [6, 6.07) is 18.4. The number of pyridine rings is 1. The zero-order chi connectivity index (χ0) is 23.6. The molecule has 0 bridgehead atoms. The molecule has 33 heavy (non-hydrogen) atoms. The number of hydrogen-bond acceptors (Lipinski definition) is 5. The monoisotopic (exact) mass is 465 g/mol. The summed E-state index contributed by atoms with van der Waals surface area (Å²) >= 11 is 0. The van der Waals surface area contributed by atoms with Gasteiger partial charge in [-0.2, -0.15) is 4.31 Å². The Kier molecular flexibility index (Phi) is 6.26. The molecule has 170 valence electrons. The van der Waals surface area contributed by atoms with E-state index in [1.165, 1.54) is 40.4 Å². The molecule has 8 nitrogen and oxygen atoms in total. The second-order valence-corrected chi connectivity index (χ2v) is 9.70. The van der Waals surface area contributed by atoms with Gasteiger partial charge in [0, 0.05) is 37.4 Å². The summed E-state index contributed by atoms with van der Waals surface area (Å²) in [5.74, 6) is -0.655. The summed E-state index contributed by atoms with van der Waals surface area (Å²) in [5.41, 5.74) is 1.29. The van der Waals surface area contributed by atoms with Crippen LogP contribution in [0.25, 0.3) is 11.3 Å². The highest BCUT2D eigenvalue weighted by molar-refractivity contribution is 7.89. The summed E-state index contributed by atoms with van der Waals surface area (Å²) in [6.07, 6.45) is 0. The predicted octanol–water partition coefficient (Wildman–Crippen LogP) is 2.39. The van der Waals surface area contributed by atoms with Crippen molar-refractivity contribution in [1.82, 2.24) is 14.2 Å². The SMILES string of the molecule is CC(=O)c1cccc(S(=O)(=O)N2CCN(C(=O)c3ccc(-c4ccccc4)[nH]c3=O)CC2)c1. The van der Waals surface area contributed by atoms with Gasteiger partial charge in [0.2, 0.25) is 10.0 Å². The Morgan fingerprint density at radius 1 is 0.879 bits per heavy atom. The van der Waals surface area contributed by atoms with Crippen LogP contribution in [0.15, 0.2) is 76.4 Å². The molecule has 0 spiro atoms. The number of carbonyl (C=O) groups excluding carboxylic acids is 2. The van der Waals surface area contributed by atoms with E-state index < -0.39 is 21.5 Å². The number of nitrogens with one attached hydrogen (secondary N) is 1. The van der Waals surface area contributed by atoms with Crippen molar-refractivity contribution in [3.8, 4) is 11.3 Å². The van der Waals surface area contributed by atoms with Crippen molar-refractivity contribution in [3.05, 3.63) is 88.2 Å². The molecule has 0 atom stereocenters. The summed E-state index contributed by atoms with van der Waals surface area (Å²) < 4.78 is 27.3. The van der Waals surface area contributed by atoms with E-state index in [1.54, 1.807) is 12.1 Å². The number of sulfonamides is 1. The van der Waals surface area contributed by atoms with Crippen molar-refractivity contribution in [3.63, 3.8) is 0 Å². The first-order valence-corrected chi connectivity index (χ1v) is 11.9. The van der Waals surface area contributed by atoms with Gasteiger partial charge in [-0.3, -0.25) is 14.4 Å². The third-order valence-corrected chi connectivity index (χ3v) is 7.52. The Labute approximate surface area is 191 Å². The number of Topliss-reactive ketones (excluding diaryl/α,β-unsaturated/α-hetero) is 1. The van der Waals surface area contributed by atoms with Crippen LogP contribution in [0, 0.1) is 0 Å². The molecule has 9 heteroatoms. The van der Waals surface area contributed by atoms with Gasteiger partial charge in [0.25, 0.3) is 11.5 Å². The van der Waals surface area contributed by atoms with Crippen LogP contribution in [0.1, 0.15) is 27.6 Å². The first kappa shape index (κ1) is 22.6. The van der Waals surface area contributed by atoms with Crippen LogP contribution in [0.3, 0.4) is 0 Å². The molecular weight excluding hydrogens is 442 g/mol. The number of ketones is 1. The molecule has 1 fully saturated rings. The number of H-pyrrole nitrogens is 1. The van der Waals surface area contributed by atoms with Crippen molar-refractivity contribution < 1.29 is 18.0 Å². The van der Waals surface area contributed by atoms with Crippen molar-refractivity contribution in [2.75, 3.05) is 26.2 Å². The number of amides is 1. The molecule has 2 heterocycles. The van der Waals surface area contributed by atoms with Crippen LogP contribution < -0.4 is 5.56 Å². The van der Waals surface area contributed by atoms with E-state index in [4.69, 9.17) is 0 Å². The van der Waals surface area contributed by atoms with Crippen molar-refractivity contribution >= 4 is 21.7 Å². The van der Waals surface area contributed by atoms with E-state index >= 15 is 0 Å². The molecule has 3 aromatic rings. The number of nitrogens with zero attached hydrogens (tertiary/aromatic N) is 2. The Balaban J connectivity index is 1.47. The van der Waals surface area contributed by atoms with Gasteiger partial charge in [0.05, 0.1) is 4.90 Å². The van der Waals surface area contributed by atoms with Gasteiger partial charge in [-0.25, -0.2) is 8.42 Å². The number of carbonyl (C=O) groups is 2. The lowest BCUT2D eigenvalue weighted by atomic mass is 10.1. The molecule has 1 saturated heterocycles. The Morgan fingerprint density at radius 2 is 1.58 bits per heavy atom. The Morgan fingerprint density at radius 3 is 2.21 bits per heavy atom. The van der Waals surface area contributed by atoms with Gasteiger partial charge >= 0.3 is 0 Å². The second-order valence-electron chi connectivity index (χ2n) is 7.76. The quantitative estimate of drug-likeness (QED) is 0.582. The zero-order valence-electron chi connectivity index (χ0n) is 18.0. The standard InChI is InChI=1S/C24H23N3O5S/c1-17(28)19-8-5-9-20(16-19)33(31,32)27-14-12-26(13-15-27)24(30)21-10-11-22(25-23(21)29)18-6-3-2-4-7-18/h2-11,16H,12-15H2,1H3,(H,25,29). The van der Waals surface area contributed by atoms with Crippen molar-refractivity contribution in [2.45, 2.75) is 11.8 Å². The highest BCUT2D eigenvalue weighted by atomic mass is 32.2. The van der Waals surface area contributed by atoms with Gasteiger partial charge in [0.15, 0.2) is 5.78 Å². The average molecular weight is 466 g/mol. The van der Waals surface area contributed by atoms with E-state index in [2.05, 4.69) is 4.98 Å². The molecule has 1 amide bonds. The van der Waals surface area contributed by atoms with E-state index in [-0.39, 0.29) is 42.4 Å². The number of aromatic amines is 1. The fourth-order valence-electron chi connectivity index (χ4n) is 3.75.